The van der Waals surface area contributed by atoms with Crippen molar-refractivity contribution in [1.29, 1.82) is 0 Å². The van der Waals surface area contributed by atoms with Gasteiger partial charge in [0.2, 0.25) is 0 Å². The van der Waals surface area contributed by atoms with Crippen molar-refractivity contribution >= 4 is 0 Å². The van der Waals surface area contributed by atoms with Gasteiger partial charge in [-0.3, -0.25) is 0 Å². The highest BCUT2D eigenvalue weighted by molar-refractivity contribution is 4.64. The minimum atomic E-state index is -0.434. The van der Waals surface area contributed by atoms with Crippen LogP contribution in [0.1, 0.15) is 33.1 Å². The maximum Gasteiger partial charge on any atom is 0.0897 e. The summed E-state index contributed by atoms with van der Waals surface area (Å²) in [4.78, 5) is 0. The van der Waals surface area contributed by atoms with Gasteiger partial charge in [-0.1, -0.05) is 13.3 Å². The van der Waals surface area contributed by atoms with Crippen molar-refractivity contribution in [2.75, 3.05) is 32.9 Å². The van der Waals surface area contributed by atoms with Crippen LogP contribution in [0, 0.1) is 5.92 Å². The Morgan fingerprint density at radius 3 is 2.50 bits per heavy atom. The van der Waals surface area contributed by atoms with E-state index in [9.17, 15) is 5.11 Å². The van der Waals surface area contributed by atoms with Crippen LogP contribution >= 0.6 is 0 Å². The second kappa shape index (κ2) is 11.3. The van der Waals surface area contributed by atoms with Gasteiger partial charge in [0, 0.05) is 19.8 Å². The van der Waals surface area contributed by atoms with E-state index in [1.807, 2.05) is 6.92 Å². The van der Waals surface area contributed by atoms with Gasteiger partial charge >= 0.3 is 0 Å². The van der Waals surface area contributed by atoms with Gasteiger partial charge in [-0.15, -0.1) is 0 Å². The van der Waals surface area contributed by atoms with Crippen molar-refractivity contribution in [2.24, 2.45) is 5.92 Å². The highest BCUT2D eigenvalue weighted by atomic mass is 16.5. The third kappa shape index (κ3) is 9.09. The van der Waals surface area contributed by atoms with Gasteiger partial charge in [0.05, 0.1) is 12.7 Å². The Labute approximate surface area is 99.0 Å². The Morgan fingerprint density at radius 2 is 1.94 bits per heavy atom. The number of aliphatic hydroxyl groups excluding tert-OH is 2. The fourth-order valence-corrected chi connectivity index (χ4v) is 1.71. The largest absolute Gasteiger partial charge is 0.396 e. The molecule has 98 valence electrons. The lowest BCUT2D eigenvalue weighted by Crippen LogP contribution is -2.33. The minimum absolute atomic E-state index is 0.244. The number of nitrogens with one attached hydrogen (secondary N) is 1. The number of hydrogen-bond acceptors (Lipinski definition) is 4. The van der Waals surface area contributed by atoms with E-state index in [-0.39, 0.29) is 6.61 Å². The summed E-state index contributed by atoms with van der Waals surface area (Å²) in [5.74, 6) is 0.509. The van der Waals surface area contributed by atoms with E-state index in [0.29, 0.717) is 25.7 Å². The van der Waals surface area contributed by atoms with Crippen LogP contribution in [0.25, 0.3) is 0 Å². The summed E-state index contributed by atoms with van der Waals surface area (Å²) in [5, 5.41) is 21.6. The third-order valence-corrected chi connectivity index (χ3v) is 2.56. The van der Waals surface area contributed by atoms with Gasteiger partial charge in [-0.25, -0.2) is 0 Å². The molecule has 0 amide bonds. The molecule has 2 unspecified atom stereocenters. The van der Waals surface area contributed by atoms with Crippen molar-refractivity contribution in [2.45, 2.75) is 39.2 Å². The van der Waals surface area contributed by atoms with Crippen LogP contribution in [0.2, 0.25) is 0 Å². The summed E-state index contributed by atoms with van der Waals surface area (Å²) in [6, 6.07) is 0. The van der Waals surface area contributed by atoms with Crippen LogP contribution in [0.3, 0.4) is 0 Å². The molecule has 0 heterocycles. The van der Waals surface area contributed by atoms with Gasteiger partial charge in [0.1, 0.15) is 0 Å². The molecule has 0 fully saturated rings. The molecule has 0 spiro atoms. The molecule has 0 aromatic carbocycles. The van der Waals surface area contributed by atoms with Crippen LogP contribution in [0.15, 0.2) is 0 Å². The smallest absolute Gasteiger partial charge is 0.0897 e. The van der Waals surface area contributed by atoms with Gasteiger partial charge in [-0.2, -0.15) is 0 Å². The molecule has 4 nitrogen and oxygen atoms in total. The number of ether oxygens (including phenoxy) is 1. The fraction of sp³-hybridized carbons (Fsp3) is 1.00. The van der Waals surface area contributed by atoms with Crippen LogP contribution in [0.4, 0.5) is 0 Å². The van der Waals surface area contributed by atoms with Crippen molar-refractivity contribution in [3.8, 4) is 0 Å². The van der Waals surface area contributed by atoms with Crippen molar-refractivity contribution in [3.63, 3.8) is 0 Å². The monoisotopic (exact) mass is 233 g/mol. The molecule has 3 N–H and O–H groups in total. The third-order valence-electron chi connectivity index (χ3n) is 2.56. The molecule has 16 heavy (non-hydrogen) atoms. The van der Waals surface area contributed by atoms with E-state index in [1.165, 1.54) is 0 Å². The molecule has 0 saturated carbocycles. The maximum atomic E-state index is 9.52. The first-order valence-electron chi connectivity index (χ1n) is 6.31. The zero-order valence-electron chi connectivity index (χ0n) is 10.6. The quantitative estimate of drug-likeness (QED) is 0.493. The number of hydrogen-bond donors (Lipinski definition) is 3. The van der Waals surface area contributed by atoms with Crippen LogP contribution in [-0.4, -0.2) is 49.2 Å². The van der Waals surface area contributed by atoms with Crippen molar-refractivity contribution in [1.82, 2.24) is 5.32 Å². The molecule has 0 radical (unpaired) electrons. The second-order valence-electron chi connectivity index (χ2n) is 4.14. The molecule has 0 bridgehead atoms. The minimum Gasteiger partial charge on any atom is -0.396 e. The SMILES string of the molecule is CCCC(CCO)CNCC(O)COCC. The second-order valence-corrected chi connectivity index (χ2v) is 4.14. The number of aliphatic hydroxyl groups is 2. The first kappa shape index (κ1) is 15.8. The van der Waals surface area contributed by atoms with E-state index in [4.69, 9.17) is 9.84 Å². The Hall–Kier alpha value is -0.160. The molecular formula is C12H27NO3. The molecular weight excluding hydrogens is 206 g/mol. The lowest BCUT2D eigenvalue weighted by atomic mass is 10.0. The normalized spacial score (nSPS) is 15.0. The van der Waals surface area contributed by atoms with E-state index in [1.54, 1.807) is 0 Å². The fourth-order valence-electron chi connectivity index (χ4n) is 1.71. The van der Waals surface area contributed by atoms with E-state index in [2.05, 4.69) is 12.2 Å². The van der Waals surface area contributed by atoms with E-state index in [0.717, 1.165) is 25.8 Å². The van der Waals surface area contributed by atoms with Gasteiger partial charge in [0.15, 0.2) is 0 Å². The van der Waals surface area contributed by atoms with Crippen molar-refractivity contribution in [3.05, 3.63) is 0 Å². The molecule has 0 aromatic rings. The summed E-state index contributed by atoms with van der Waals surface area (Å²) in [7, 11) is 0. The zero-order valence-corrected chi connectivity index (χ0v) is 10.6. The van der Waals surface area contributed by atoms with Crippen LogP contribution in [0.5, 0.6) is 0 Å². The summed E-state index contributed by atoms with van der Waals surface area (Å²) in [5.41, 5.74) is 0. The van der Waals surface area contributed by atoms with Crippen LogP contribution < -0.4 is 5.32 Å². The first-order valence-corrected chi connectivity index (χ1v) is 6.31. The molecule has 0 aliphatic rings. The predicted octanol–water partition coefficient (Wildman–Crippen LogP) is 0.772. The summed E-state index contributed by atoms with van der Waals surface area (Å²) in [6.07, 6.45) is 2.65. The Balaban J connectivity index is 3.51. The lowest BCUT2D eigenvalue weighted by molar-refractivity contribution is 0.0422. The van der Waals surface area contributed by atoms with E-state index >= 15 is 0 Å². The van der Waals surface area contributed by atoms with Gasteiger partial charge in [-0.05, 0) is 32.2 Å². The average Bonchev–Trinajstić information content (AvgIpc) is 2.27. The molecule has 0 rings (SSSR count). The Bertz CT molecular complexity index is 138. The van der Waals surface area contributed by atoms with Gasteiger partial charge < -0.3 is 20.3 Å². The summed E-state index contributed by atoms with van der Waals surface area (Å²) >= 11 is 0. The summed E-state index contributed by atoms with van der Waals surface area (Å²) in [6.45, 7) is 6.76. The van der Waals surface area contributed by atoms with Crippen LogP contribution in [-0.2, 0) is 4.74 Å². The first-order chi connectivity index (χ1) is 7.74. The topological polar surface area (TPSA) is 61.7 Å². The van der Waals surface area contributed by atoms with Gasteiger partial charge in [0.25, 0.3) is 0 Å². The average molecular weight is 233 g/mol. The van der Waals surface area contributed by atoms with Crippen molar-refractivity contribution < 1.29 is 14.9 Å². The predicted molar refractivity (Wildman–Crippen MR) is 65.5 cm³/mol. The van der Waals surface area contributed by atoms with E-state index < -0.39 is 6.10 Å². The summed E-state index contributed by atoms with van der Waals surface area (Å²) < 4.78 is 5.12. The molecule has 0 saturated heterocycles. The Kier molecular flexibility index (Phi) is 11.2. The number of rotatable bonds is 11. The standard InChI is InChI=1S/C12H27NO3/c1-3-5-11(6-7-14)8-13-9-12(15)10-16-4-2/h11-15H,3-10H2,1-2H3. The lowest BCUT2D eigenvalue weighted by Gasteiger charge is -2.17. The Morgan fingerprint density at radius 1 is 1.19 bits per heavy atom. The molecule has 0 aliphatic heterocycles. The maximum absolute atomic E-state index is 9.52. The zero-order chi connectivity index (χ0) is 12.2. The highest BCUT2D eigenvalue weighted by Gasteiger charge is 2.08. The molecule has 0 aliphatic carbocycles. The molecule has 0 aromatic heterocycles. The molecule has 4 heteroatoms. The molecule has 2 atom stereocenters. The highest BCUT2D eigenvalue weighted by Crippen LogP contribution is 2.09.